The lowest BCUT2D eigenvalue weighted by atomic mass is 10.2. The van der Waals surface area contributed by atoms with Gasteiger partial charge >= 0.3 is 0 Å². The molecule has 0 aliphatic carbocycles. The van der Waals surface area contributed by atoms with E-state index in [2.05, 4.69) is 4.72 Å². The Labute approximate surface area is 103 Å². The second kappa shape index (κ2) is 5.48. The predicted octanol–water partition coefficient (Wildman–Crippen LogP) is 0.298. The zero-order valence-corrected chi connectivity index (χ0v) is 11.2. The number of sulfonamides is 1. The van der Waals surface area contributed by atoms with Crippen molar-refractivity contribution in [2.75, 3.05) is 32.1 Å². The smallest absolute Gasteiger partial charge is 0.240 e. The van der Waals surface area contributed by atoms with Gasteiger partial charge in [-0.15, -0.1) is 0 Å². The topological polar surface area (TPSA) is 75.4 Å². The van der Waals surface area contributed by atoms with Gasteiger partial charge in [0.25, 0.3) is 0 Å². The number of aryl methyl sites for hydroxylation is 1. The largest absolute Gasteiger partial charge is 0.377 e. The molecule has 0 aliphatic rings. The third-order valence-corrected chi connectivity index (χ3v) is 3.87. The van der Waals surface area contributed by atoms with Crippen LogP contribution in [0, 0.1) is 6.92 Å². The first-order valence-corrected chi connectivity index (χ1v) is 6.84. The van der Waals surface area contributed by atoms with Crippen molar-refractivity contribution in [1.29, 1.82) is 0 Å². The van der Waals surface area contributed by atoms with Crippen molar-refractivity contribution in [2.45, 2.75) is 11.8 Å². The van der Waals surface area contributed by atoms with Gasteiger partial charge in [0.1, 0.15) is 0 Å². The van der Waals surface area contributed by atoms with Crippen molar-refractivity contribution in [2.24, 2.45) is 5.73 Å². The molecule has 17 heavy (non-hydrogen) atoms. The third kappa shape index (κ3) is 3.42. The summed E-state index contributed by atoms with van der Waals surface area (Å²) in [6, 6.07) is 5.06. The molecule has 0 saturated carbocycles. The standard InChI is InChI=1S/C11H19N3O2S/c1-9-4-5-10(8-11(9)14(2)3)17(15,16)13-7-6-12/h4-5,8,13H,6-7,12H2,1-3H3. The first-order valence-electron chi connectivity index (χ1n) is 5.36. The van der Waals surface area contributed by atoms with Gasteiger partial charge < -0.3 is 10.6 Å². The molecule has 1 rings (SSSR count). The lowest BCUT2D eigenvalue weighted by molar-refractivity contribution is 0.582. The fraction of sp³-hybridized carbons (Fsp3) is 0.455. The van der Waals surface area contributed by atoms with Crippen LogP contribution in [0.2, 0.25) is 0 Å². The van der Waals surface area contributed by atoms with Gasteiger partial charge in [0.05, 0.1) is 4.90 Å². The summed E-state index contributed by atoms with van der Waals surface area (Å²) in [5.41, 5.74) is 7.21. The van der Waals surface area contributed by atoms with Gasteiger partial charge in [-0.2, -0.15) is 0 Å². The van der Waals surface area contributed by atoms with E-state index in [1.54, 1.807) is 18.2 Å². The number of anilines is 1. The van der Waals surface area contributed by atoms with Gasteiger partial charge in [-0.3, -0.25) is 0 Å². The van der Waals surface area contributed by atoms with Crippen molar-refractivity contribution in [1.82, 2.24) is 4.72 Å². The average Bonchev–Trinajstić information content (AvgIpc) is 2.26. The Bertz CT molecular complexity index is 483. The van der Waals surface area contributed by atoms with E-state index < -0.39 is 10.0 Å². The minimum Gasteiger partial charge on any atom is -0.377 e. The van der Waals surface area contributed by atoms with E-state index >= 15 is 0 Å². The van der Waals surface area contributed by atoms with Crippen molar-refractivity contribution < 1.29 is 8.42 Å². The molecule has 1 aromatic rings. The average molecular weight is 257 g/mol. The van der Waals surface area contributed by atoms with Crippen molar-refractivity contribution in [3.05, 3.63) is 23.8 Å². The Kier molecular flexibility index (Phi) is 4.50. The monoisotopic (exact) mass is 257 g/mol. The van der Waals surface area contributed by atoms with Crippen LogP contribution in [0.5, 0.6) is 0 Å². The maximum atomic E-state index is 11.9. The van der Waals surface area contributed by atoms with E-state index in [0.29, 0.717) is 0 Å². The molecule has 0 heterocycles. The van der Waals surface area contributed by atoms with Gasteiger partial charge in [-0.1, -0.05) is 6.07 Å². The molecule has 3 N–H and O–H groups in total. The zero-order chi connectivity index (χ0) is 13.1. The van der Waals surface area contributed by atoms with Gasteiger partial charge in [-0.25, -0.2) is 13.1 Å². The Morgan fingerprint density at radius 2 is 2.00 bits per heavy atom. The number of rotatable bonds is 5. The number of hydrogen-bond acceptors (Lipinski definition) is 4. The molecule has 0 unspecified atom stereocenters. The summed E-state index contributed by atoms with van der Waals surface area (Å²) in [5.74, 6) is 0. The molecular formula is C11H19N3O2S. The maximum Gasteiger partial charge on any atom is 0.240 e. The van der Waals surface area contributed by atoms with Gasteiger partial charge in [-0.05, 0) is 24.6 Å². The van der Waals surface area contributed by atoms with Crippen LogP contribution in [0.1, 0.15) is 5.56 Å². The number of nitrogens with two attached hydrogens (primary N) is 1. The summed E-state index contributed by atoms with van der Waals surface area (Å²) < 4.78 is 26.2. The van der Waals surface area contributed by atoms with E-state index in [-0.39, 0.29) is 18.0 Å². The Balaban J connectivity index is 3.11. The highest BCUT2D eigenvalue weighted by atomic mass is 32.2. The minimum absolute atomic E-state index is 0.244. The zero-order valence-electron chi connectivity index (χ0n) is 10.4. The summed E-state index contributed by atoms with van der Waals surface area (Å²) in [6.45, 7) is 2.47. The lowest BCUT2D eigenvalue weighted by Crippen LogP contribution is -2.29. The third-order valence-electron chi connectivity index (χ3n) is 2.41. The van der Waals surface area contributed by atoms with Crippen molar-refractivity contribution in [3.8, 4) is 0 Å². The number of hydrogen-bond donors (Lipinski definition) is 2. The van der Waals surface area contributed by atoms with Crippen LogP contribution in [0.15, 0.2) is 23.1 Å². The predicted molar refractivity (Wildman–Crippen MR) is 69.7 cm³/mol. The normalized spacial score (nSPS) is 11.5. The second-order valence-corrected chi connectivity index (χ2v) is 5.80. The molecule has 0 bridgehead atoms. The first kappa shape index (κ1) is 14.0. The van der Waals surface area contributed by atoms with Crippen LogP contribution in [0.3, 0.4) is 0 Å². The molecule has 96 valence electrons. The Morgan fingerprint density at radius 1 is 1.35 bits per heavy atom. The Hall–Kier alpha value is -1.11. The molecule has 6 heteroatoms. The van der Waals surface area contributed by atoms with Crippen molar-refractivity contribution >= 4 is 15.7 Å². The molecule has 0 spiro atoms. The number of nitrogens with zero attached hydrogens (tertiary/aromatic N) is 1. The molecule has 0 saturated heterocycles. The first-order chi connectivity index (χ1) is 7.88. The molecule has 0 aliphatic heterocycles. The molecular weight excluding hydrogens is 238 g/mol. The molecule has 0 aromatic heterocycles. The fourth-order valence-corrected chi connectivity index (χ4v) is 2.58. The van der Waals surface area contributed by atoms with Gasteiger partial charge in [0, 0.05) is 32.9 Å². The van der Waals surface area contributed by atoms with E-state index in [1.165, 1.54) is 0 Å². The van der Waals surface area contributed by atoms with Gasteiger partial charge in [0.2, 0.25) is 10.0 Å². The van der Waals surface area contributed by atoms with Crippen LogP contribution in [0.25, 0.3) is 0 Å². The van der Waals surface area contributed by atoms with E-state index in [0.717, 1.165) is 11.3 Å². The lowest BCUT2D eigenvalue weighted by Gasteiger charge is -2.17. The highest BCUT2D eigenvalue weighted by Gasteiger charge is 2.14. The van der Waals surface area contributed by atoms with E-state index in [9.17, 15) is 8.42 Å². The fourth-order valence-electron chi connectivity index (χ4n) is 1.51. The minimum atomic E-state index is -3.45. The maximum absolute atomic E-state index is 11.9. The summed E-state index contributed by atoms with van der Waals surface area (Å²) >= 11 is 0. The second-order valence-electron chi connectivity index (χ2n) is 4.03. The van der Waals surface area contributed by atoms with E-state index in [4.69, 9.17) is 5.73 Å². The molecule has 0 atom stereocenters. The number of benzene rings is 1. The highest BCUT2D eigenvalue weighted by molar-refractivity contribution is 7.89. The molecule has 5 nitrogen and oxygen atoms in total. The summed E-state index contributed by atoms with van der Waals surface area (Å²) in [6.07, 6.45) is 0. The van der Waals surface area contributed by atoms with Gasteiger partial charge in [0.15, 0.2) is 0 Å². The molecule has 0 radical (unpaired) electrons. The highest BCUT2D eigenvalue weighted by Crippen LogP contribution is 2.22. The number of nitrogens with one attached hydrogen (secondary N) is 1. The van der Waals surface area contributed by atoms with Crippen LogP contribution in [0.4, 0.5) is 5.69 Å². The van der Waals surface area contributed by atoms with Crippen LogP contribution in [-0.2, 0) is 10.0 Å². The van der Waals surface area contributed by atoms with Crippen LogP contribution >= 0.6 is 0 Å². The summed E-state index contributed by atoms with van der Waals surface area (Å²) in [4.78, 5) is 2.15. The quantitative estimate of drug-likeness (QED) is 0.795. The van der Waals surface area contributed by atoms with Crippen LogP contribution < -0.4 is 15.4 Å². The van der Waals surface area contributed by atoms with Crippen LogP contribution in [-0.4, -0.2) is 35.6 Å². The summed E-state index contributed by atoms with van der Waals surface area (Å²) in [7, 11) is 0.310. The molecule has 1 aromatic carbocycles. The van der Waals surface area contributed by atoms with E-state index in [1.807, 2.05) is 25.9 Å². The molecule has 0 amide bonds. The SMILES string of the molecule is Cc1ccc(S(=O)(=O)NCCN)cc1N(C)C. The molecule has 0 fully saturated rings. The Morgan fingerprint density at radius 3 is 2.53 bits per heavy atom. The summed E-state index contributed by atoms with van der Waals surface area (Å²) in [5, 5.41) is 0. The van der Waals surface area contributed by atoms with Crippen molar-refractivity contribution in [3.63, 3.8) is 0 Å².